The fraction of sp³-hybridized carbons (Fsp3) is 0.677. The molecule has 1 aromatic carbocycles. The lowest BCUT2D eigenvalue weighted by Gasteiger charge is -2.29. The summed E-state index contributed by atoms with van der Waals surface area (Å²) in [5.74, 6) is -13.2. The molecule has 0 aliphatic carbocycles. The number of aromatic hydroxyl groups is 1. The third-order valence-electron chi connectivity index (χ3n) is 15.1. The molecule has 98 heavy (non-hydrogen) atoms. The fourth-order valence-corrected chi connectivity index (χ4v) is 10.2. The number of aliphatic hydroxyl groups is 2. The second-order valence-electron chi connectivity index (χ2n) is 24.7. The van der Waals surface area contributed by atoms with E-state index >= 15 is 0 Å². The summed E-state index contributed by atoms with van der Waals surface area (Å²) in [5, 5.41) is 66.5. The zero-order valence-corrected chi connectivity index (χ0v) is 58.1. The number of hydrogen-bond acceptors (Lipinski definition) is 20. The fourth-order valence-electron chi connectivity index (χ4n) is 9.75. The molecule has 11 amide bonds. The maximum Gasteiger partial charge on any atom is 0.305 e. The highest BCUT2D eigenvalue weighted by Crippen LogP contribution is 2.16. The van der Waals surface area contributed by atoms with E-state index in [9.17, 15) is 78.0 Å². The lowest BCUT2D eigenvalue weighted by molar-refractivity contribution is -0.142. The van der Waals surface area contributed by atoms with Crippen LogP contribution in [0.25, 0.3) is 0 Å². The van der Waals surface area contributed by atoms with Crippen molar-refractivity contribution in [2.24, 2.45) is 67.9 Å². The van der Waals surface area contributed by atoms with E-state index in [1.165, 1.54) is 36.0 Å². The van der Waals surface area contributed by atoms with E-state index in [0.717, 1.165) is 6.92 Å². The molecule has 0 heterocycles. The molecule has 0 spiro atoms. The van der Waals surface area contributed by atoms with Crippen molar-refractivity contribution in [3.8, 4) is 5.75 Å². The molecule has 0 bridgehead atoms. The van der Waals surface area contributed by atoms with Gasteiger partial charge in [-0.25, -0.2) is 0 Å². The number of nitrogens with one attached hydrogen (secondary N) is 10. The number of aliphatic carboxylic acids is 1. The molecule has 0 aliphatic rings. The first kappa shape index (κ1) is 87.4. The summed E-state index contributed by atoms with van der Waals surface area (Å²) in [5.41, 5.74) is 39.4. The molecule has 0 aromatic heterocycles. The minimum absolute atomic E-state index is 0.0214. The van der Waals surface area contributed by atoms with Crippen LogP contribution in [0.4, 0.5) is 0 Å². The first-order valence-electron chi connectivity index (χ1n) is 32.8. The Morgan fingerprint density at radius 3 is 1.28 bits per heavy atom. The quantitative estimate of drug-likeness (QED) is 0.0165. The van der Waals surface area contributed by atoms with Gasteiger partial charge in [0.1, 0.15) is 66.2 Å². The Balaban J connectivity index is 3.64. The Kier molecular flexibility index (Phi) is 42.2. The normalized spacial score (nSPS) is 14.8. The number of carboxylic acids is 1. The number of unbranched alkanes of at least 4 members (excludes halogenated alkanes) is 2. The van der Waals surface area contributed by atoms with Gasteiger partial charge in [-0.1, -0.05) is 53.2 Å². The van der Waals surface area contributed by atoms with E-state index in [1.54, 1.807) is 27.0 Å². The SMILES string of the molecule is CSCC[C@H](NC(=O)[C@H](CO)NC(=O)[C@H](CCCN=C(N)N)NC(=O)[C@H](CC(C)C)NC(=O)[C@@H](C)CCCCN)C(=O)N[C@H](C(=O)N[C@H](CC(=O)O)C(=O)N[C@@H](CCCCN)C(=O)N[C@@H](Cc1ccc(O)cc1)C(=O)N[C@@H](CCCN=C(N)N)C(=O)N[C@@H](CC(C)C)C(N)=O)[C@@H](C)O. The molecule has 0 saturated carbocycles. The number of hydrogen-bond donors (Lipinski definition) is 21. The average Bonchev–Trinajstić information content (AvgIpc) is 0.992. The molecule has 1 rings (SSSR count). The molecule has 28 N–H and O–H groups in total. The number of carbonyl (C=O) groups is 12. The smallest absolute Gasteiger partial charge is 0.305 e. The van der Waals surface area contributed by atoms with Crippen LogP contribution in [0.1, 0.15) is 137 Å². The van der Waals surface area contributed by atoms with E-state index in [4.69, 9.17) is 40.1 Å². The number of carboxylic acid groups (broad SMARTS) is 1. The predicted molar refractivity (Wildman–Crippen MR) is 368 cm³/mol. The zero-order valence-electron chi connectivity index (χ0n) is 57.3. The van der Waals surface area contributed by atoms with Crippen molar-refractivity contribution in [1.29, 1.82) is 0 Å². The Labute approximate surface area is 576 Å². The number of primary amides is 1. The van der Waals surface area contributed by atoms with E-state index in [1.807, 2.05) is 13.8 Å². The van der Waals surface area contributed by atoms with Gasteiger partial charge in [0.2, 0.25) is 65.0 Å². The van der Waals surface area contributed by atoms with Crippen LogP contribution in [0.2, 0.25) is 0 Å². The number of thioether (sulfide) groups is 1. The number of aliphatic imine (C=N–C) groups is 2. The Morgan fingerprint density at radius 2 is 0.837 bits per heavy atom. The lowest BCUT2D eigenvalue weighted by atomic mass is 9.99. The molecule has 0 fully saturated rings. The van der Waals surface area contributed by atoms with Crippen molar-refractivity contribution in [3.63, 3.8) is 0 Å². The molecular weight excluding hydrogens is 1300 g/mol. The van der Waals surface area contributed by atoms with Gasteiger partial charge in [0, 0.05) is 25.4 Å². The monoisotopic (exact) mass is 1410 g/mol. The third kappa shape index (κ3) is 35.6. The average molecular weight is 1410 g/mol. The minimum Gasteiger partial charge on any atom is -0.508 e. The number of phenolic OH excluding ortho intramolecular Hbond substituents is 1. The minimum atomic E-state index is -2.03. The number of carbonyl (C=O) groups excluding carboxylic acids is 11. The van der Waals surface area contributed by atoms with Crippen molar-refractivity contribution in [2.45, 2.75) is 204 Å². The van der Waals surface area contributed by atoms with E-state index in [2.05, 4.69) is 63.2 Å². The van der Waals surface area contributed by atoms with Crippen LogP contribution >= 0.6 is 11.8 Å². The number of nitrogens with zero attached hydrogens (tertiary/aromatic N) is 2. The number of benzene rings is 1. The van der Waals surface area contributed by atoms with Crippen LogP contribution in [0.5, 0.6) is 5.75 Å². The maximum absolute atomic E-state index is 14.5. The Hall–Kier alpha value is -8.61. The molecule has 554 valence electrons. The van der Waals surface area contributed by atoms with Gasteiger partial charge in [0.15, 0.2) is 11.9 Å². The molecular formula is C62H109N19O16S. The van der Waals surface area contributed by atoms with Gasteiger partial charge in [0.25, 0.3) is 0 Å². The van der Waals surface area contributed by atoms with Gasteiger partial charge in [-0.2, -0.15) is 11.8 Å². The highest BCUT2D eigenvalue weighted by Gasteiger charge is 2.38. The van der Waals surface area contributed by atoms with Crippen LogP contribution in [0.15, 0.2) is 34.3 Å². The van der Waals surface area contributed by atoms with Gasteiger partial charge < -0.3 is 114 Å². The first-order valence-corrected chi connectivity index (χ1v) is 34.2. The number of aliphatic hydroxyl groups excluding tert-OH is 2. The zero-order chi connectivity index (χ0) is 74.2. The van der Waals surface area contributed by atoms with E-state index in [-0.39, 0.29) is 119 Å². The summed E-state index contributed by atoms with van der Waals surface area (Å²) >= 11 is 1.24. The van der Waals surface area contributed by atoms with Crippen molar-refractivity contribution in [2.75, 3.05) is 44.8 Å². The van der Waals surface area contributed by atoms with Gasteiger partial charge >= 0.3 is 5.97 Å². The van der Waals surface area contributed by atoms with Crippen molar-refractivity contribution in [1.82, 2.24) is 53.2 Å². The molecule has 0 radical (unpaired) electrons. The standard InChI is InChI=1S/C62H109N19O16S/c1-33(2)28-43(50(65)87)76-52(89)40(16-12-25-70-61(66)67)74-57(94)45(30-37-18-20-38(84)21-19-37)78-53(90)39(15-9-11-24-64)72-58(95)46(31-48(85)86)79-60(97)49(36(6)83)81-55(92)42(22-27-98-7)75-59(96)47(32-82)80-54(91)41(17-13-26-71-62(68)69)73-56(93)44(29-34(3)4)77-51(88)35(5)14-8-10-23-63/h18-21,33-36,39-47,49,82-84H,8-17,22-32,63-64H2,1-7H3,(H2,65,87)(H,72,95)(H,73,93)(H,74,94)(H,75,96)(H,76,89)(H,77,88)(H,78,90)(H,79,97)(H,80,91)(H,81,92)(H,85,86)(H4,66,67,70)(H4,68,69,71)/t35-,36+,39-,40-,41-,42-,43-,44-,45-,46+,47-,49-/m0/s1. The first-order chi connectivity index (χ1) is 46.2. The topological polar surface area (TPSA) is 613 Å². The van der Waals surface area contributed by atoms with Crippen molar-refractivity contribution in [3.05, 3.63) is 29.8 Å². The van der Waals surface area contributed by atoms with Gasteiger partial charge in [-0.05, 0) is 139 Å². The number of nitrogens with two attached hydrogens (primary N) is 7. The van der Waals surface area contributed by atoms with Crippen LogP contribution in [0.3, 0.4) is 0 Å². The molecule has 0 unspecified atom stereocenters. The van der Waals surface area contributed by atoms with Crippen LogP contribution in [-0.4, -0.2) is 215 Å². The van der Waals surface area contributed by atoms with Crippen LogP contribution in [0, 0.1) is 17.8 Å². The summed E-state index contributed by atoms with van der Waals surface area (Å²) in [6, 6.07) is -9.92. The lowest BCUT2D eigenvalue weighted by Crippen LogP contribution is -2.62. The largest absolute Gasteiger partial charge is 0.508 e. The Bertz CT molecular complexity index is 2790. The Morgan fingerprint density at radius 1 is 0.459 bits per heavy atom. The summed E-state index contributed by atoms with van der Waals surface area (Å²) < 4.78 is 0. The predicted octanol–water partition coefficient (Wildman–Crippen LogP) is -5.04. The van der Waals surface area contributed by atoms with Gasteiger partial charge in [-0.15, -0.1) is 0 Å². The van der Waals surface area contributed by atoms with Crippen molar-refractivity contribution >= 4 is 94.6 Å². The van der Waals surface area contributed by atoms with E-state index < -0.39 is 156 Å². The van der Waals surface area contributed by atoms with E-state index in [0.29, 0.717) is 37.8 Å². The summed E-state index contributed by atoms with van der Waals surface area (Å²) in [4.78, 5) is 173. The third-order valence-corrected chi connectivity index (χ3v) is 15.8. The van der Waals surface area contributed by atoms with Gasteiger partial charge in [-0.3, -0.25) is 67.5 Å². The molecule has 36 heteroatoms. The number of rotatable bonds is 50. The maximum atomic E-state index is 14.5. The number of phenols is 1. The number of amides is 11. The van der Waals surface area contributed by atoms with Crippen molar-refractivity contribution < 1.29 is 78.0 Å². The summed E-state index contributed by atoms with van der Waals surface area (Å²) in [6.07, 6.45) is 0.909. The highest BCUT2D eigenvalue weighted by atomic mass is 32.2. The van der Waals surface area contributed by atoms with Crippen LogP contribution in [-0.2, 0) is 64.0 Å². The van der Waals surface area contributed by atoms with Gasteiger partial charge in [0.05, 0.1) is 19.1 Å². The molecule has 35 nitrogen and oxygen atoms in total. The molecule has 1 aromatic rings. The summed E-state index contributed by atoms with van der Waals surface area (Å²) in [6.45, 7) is 9.63. The summed E-state index contributed by atoms with van der Waals surface area (Å²) in [7, 11) is 0. The second-order valence-corrected chi connectivity index (χ2v) is 25.7. The van der Waals surface area contributed by atoms with Crippen LogP contribution < -0.4 is 93.3 Å². The number of guanidine groups is 2. The second kappa shape index (κ2) is 47.4. The molecule has 0 saturated heterocycles. The molecule has 0 aliphatic heterocycles. The highest BCUT2D eigenvalue weighted by molar-refractivity contribution is 7.98. The molecule has 12 atom stereocenters.